The van der Waals surface area contributed by atoms with E-state index in [1.165, 1.54) is 0 Å². The van der Waals surface area contributed by atoms with Crippen LogP contribution < -0.4 is 0 Å². The zero-order valence-corrected chi connectivity index (χ0v) is 20.7. The molecule has 0 aliphatic carbocycles. The molecule has 3 nitrogen and oxygen atoms in total. The molecule has 0 unspecified atom stereocenters. The van der Waals surface area contributed by atoms with E-state index in [4.69, 9.17) is 5.11 Å². The Kier molecular flexibility index (Phi) is 13.5. The van der Waals surface area contributed by atoms with Crippen molar-refractivity contribution >= 4 is 5.97 Å². The number of aliphatic hydroxyl groups is 1. The molecule has 1 N–H and O–H groups in total. The first-order chi connectivity index (χ1) is 17.2. The topological polar surface area (TPSA) is 46.5 Å². The number of carbonyl (C=O) groups is 1. The van der Waals surface area contributed by atoms with E-state index in [0.29, 0.717) is 12.8 Å². The molecule has 0 aliphatic rings. The van der Waals surface area contributed by atoms with Gasteiger partial charge in [-0.15, -0.1) is 0 Å². The van der Waals surface area contributed by atoms with Gasteiger partial charge < -0.3 is 9.84 Å². The second-order valence-electron chi connectivity index (χ2n) is 8.93. The molecular weight excluding hydrogens is 552 g/mol. The molecule has 0 amide bonds. The molecule has 0 aliphatic heterocycles. The lowest BCUT2D eigenvalue weighted by Crippen LogP contribution is -2.70. The number of aliphatic hydroxyl groups excluding tert-OH is 1. The molecule has 0 bridgehead atoms. The summed E-state index contributed by atoms with van der Waals surface area (Å²) in [6, 6.07) is 0. The van der Waals surface area contributed by atoms with Gasteiger partial charge in [-0.3, -0.25) is 0 Å². The van der Waals surface area contributed by atoms with Gasteiger partial charge in [0, 0.05) is 12.8 Å². The van der Waals surface area contributed by atoms with Gasteiger partial charge in [-0.05, 0) is 12.8 Å². The Hall–Kier alpha value is -1.67. The van der Waals surface area contributed by atoms with Gasteiger partial charge in [0.1, 0.15) is 0 Å². The van der Waals surface area contributed by atoms with Gasteiger partial charge in [0.25, 0.3) is 0 Å². The molecule has 0 fully saturated rings. The second kappa shape index (κ2) is 14.1. The summed E-state index contributed by atoms with van der Waals surface area (Å²) in [7, 11) is 0. The second-order valence-corrected chi connectivity index (χ2v) is 8.93. The summed E-state index contributed by atoms with van der Waals surface area (Å²) in [6.07, 6.45) is -2.72. The molecule has 0 saturated carbocycles. The van der Waals surface area contributed by atoms with Crippen molar-refractivity contribution in [3.8, 4) is 0 Å². The summed E-state index contributed by atoms with van der Waals surface area (Å²) in [5, 5.41) is 8.61. The first-order valence-corrected chi connectivity index (χ1v) is 11.9. The van der Waals surface area contributed by atoms with Crippen LogP contribution in [0.1, 0.15) is 77.6 Å². The molecule has 0 radical (unpaired) electrons. The molecule has 0 atom stereocenters. The van der Waals surface area contributed by atoms with Crippen LogP contribution in [0.2, 0.25) is 0 Å². The van der Waals surface area contributed by atoms with Crippen molar-refractivity contribution in [3.63, 3.8) is 0 Å². The molecule has 0 spiro atoms. The third-order valence-corrected chi connectivity index (χ3v) is 5.79. The minimum Gasteiger partial charge on any atom is -0.462 e. The zero-order chi connectivity index (χ0) is 30.1. The third-order valence-electron chi connectivity index (χ3n) is 5.79. The summed E-state index contributed by atoms with van der Waals surface area (Å²) in [5.41, 5.74) is -0.594. The van der Waals surface area contributed by atoms with Gasteiger partial charge in [-0.2, -0.15) is 52.7 Å². The first-order valence-electron chi connectivity index (χ1n) is 11.9. The molecule has 0 aromatic rings. The Balaban J connectivity index is 5.41. The molecule has 0 heterocycles. The van der Waals surface area contributed by atoms with Gasteiger partial charge in [0.05, 0.1) is 18.8 Å². The Morgan fingerprint density at radius 3 is 1.39 bits per heavy atom. The maximum Gasteiger partial charge on any atom is 0.384 e. The van der Waals surface area contributed by atoms with Crippen molar-refractivity contribution in [2.75, 3.05) is 13.2 Å². The molecule has 226 valence electrons. The average molecular weight is 584 g/mol. The predicted octanol–water partition coefficient (Wildman–Crippen LogP) is 8.20. The Morgan fingerprint density at radius 2 is 1.00 bits per heavy atom. The standard InChI is InChI=1S/C23H32F12O3/c1-3-4-5-6-7-8-9-10-12-18(24,25)20(28,29)22(32,33)23(34,35)21(30,31)19(26,27)13-11-14-38-17(37)16(2)15-36/h36H,2-15H2,1H3. The normalized spacial score (nSPS) is 14.1. The summed E-state index contributed by atoms with van der Waals surface area (Å²) in [6.45, 7) is 2.81. The number of esters is 1. The van der Waals surface area contributed by atoms with Crippen LogP contribution in [0.5, 0.6) is 0 Å². The van der Waals surface area contributed by atoms with Crippen molar-refractivity contribution in [1.82, 2.24) is 0 Å². The number of unbranched alkanes of at least 4 members (excludes halogenated alkanes) is 7. The van der Waals surface area contributed by atoms with Crippen molar-refractivity contribution in [2.45, 2.75) is 113 Å². The van der Waals surface area contributed by atoms with E-state index in [2.05, 4.69) is 11.3 Å². The Morgan fingerprint density at radius 1 is 0.632 bits per heavy atom. The lowest BCUT2D eigenvalue weighted by molar-refractivity contribution is -0.425. The number of ether oxygens (including phenoxy) is 1. The zero-order valence-electron chi connectivity index (χ0n) is 20.7. The van der Waals surface area contributed by atoms with Crippen LogP contribution in [0.3, 0.4) is 0 Å². The molecule has 15 heteroatoms. The van der Waals surface area contributed by atoms with E-state index in [-0.39, 0.29) is 12.8 Å². The highest BCUT2D eigenvalue weighted by Gasteiger charge is 2.89. The van der Waals surface area contributed by atoms with Crippen molar-refractivity contribution < 1.29 is 67.3 Å². The molecule has 0 saturated heterocycles. The fourth-order valence-electron chi connectivity index (χ4n) is 3.27. The van der Waals surface area contributed by atoms with Gasteiger partial charge in [0.2, 0.25) is 0 Å². The summed E-state index contributed by atoms with van der Waals surface area (Å²) >= 11 is 0. The largest absolute Gasteiger partial charge is 0.462 e. The van der Waals surface area contributed by atoms with Crippen molar-refractivity contribution in [2.24, 2.45) is 0 Å². The number of hydrogen-bond acceptors (Lipinski definition) is 3. The number of halogens is 12. The fraction of sp³-hybridized carbons (Fsp3) is 0.870. The van der Waals surface area contributed by atoms with E-state index < -0.39 is 86.0 Å². The van der Waals surface area contributed by atoms with Crippen LogP contribution >= 0.6 is 0 Å². The van der Waals surface area contributed by atoms with Crippen LogP contribution in [0.25, 0.3) is 0 Å². The molecule has 0 rings (SSSR count). The Labute approximate surface area is 212 Å². The number of carbonyl (C=O) groups excluding carboxylic acids is 1. The molecule has 0 aromatic carbocycles. The summed E-state index contributed by atoms with van der Waals surface area (Å²) in [4.78, 5) is 11.2. The third kappa shape index (κ3) is 8.17. The monoisotopic (exact) mass is 584 g/mol. The SMILES string of the molecule is C=C(CO)C(=O)OCCCC(F)(F)C(F)(F)C(F)(F)C(F)(F)C(F)(F)C(F)(F)CCCCCCCCCC. The molecule has 0 aromatic heterocycles. The number of rotatable bonds is 20. The van der Waals surface area contributed by atoms with Crippen LogP contribution in [0.4, 0.5) is 52.7 Å². The maximum atomic E-state index is 14.0. The summed E-state index contributed by atoms with van der Waals surface area (Å²) < 4.78 is 171. The van der Waals surface area contributed by atoms with Gasteiger partial charge in [-0.1, -0.05) is 58.4 Å². The van der Waals surface area contributed by atoms with Gasteiger partial charge >= 0.3 is 41.5 Å². The van der Waals surface area contributed by atoms with E-state index in [0.717, 1.165) is 19.3 Å². The number of alkyl halides is 12. The molecule has 38 heavy (non-hydrogen) atoms. The highest BCUT2D eigenvalue weighted by atomic mass is 19.4. The van der Waals surface area contributed by atoms with Crippen LogP contribution in [0.15, 0.2) is 12.2 Å². The van der Waals surface area contributed by atoms with Gasteiger partial charge in [0.15, 0.2) is 0 Å². The molecular formula is C23H32F12O3. The predicted molar refractivity (Wildman–Crippen MR) is 113 cm³/mol. The smallest absolute Gasteiger partial charge is 0.384 e. The maximum absolute atomic E-state index is 14.0. The fourth-order valence-corrected chi connectivity index (χ4v) is 3.27. The van der Waals surface area contributed by atoms with E-state index in [1.54, 1.807) is 0 Å². The Bertz CT molecular complexity index is 754. The van der Waals surface area contributed by atoms with Crippen molar-refractivity contribution in [1.29, 1.82) is 0 Å². The van der Waals surface area contributed by atoms with Crippen molar-refractivity contribution in [3.05, 3.63) is 12.2 Å². The average Bonchev–Trinajstić information content (AvgIpc) is 2.82. The first kappa shape index (κ1) is 36.3. The van der Waals surface area contributed by atoms with Crippen LogP contribution in [0, 0.1) is 0 Å². The van der Waals surface area contributed by atoms with E-state index in [9.17, 15) is 57.5 Å². The minimum absolute atomic E-state index is 0.162. The number of hydrogen-bond donors (Lipinski definition) is 1. The van der Waals surface area contributed by atoms with Crippen LogP contribution in [-0.2, 0) is 9.53 Å². The minimum atomic E-state index is -7.61. The lowest BCUT2D eigenvalue weighted by Gasteiger charge is -2.41. The quantitative estimate of drug-likeness (QED) is 0.0679. The van der Waals surface area contributed by atoms with E-state index in [1.807, 2.05) is 6.92 Å². The van der Waals surface area contributed by atoms with Crippen LogP contribution in [-0.4, -0.2) is 59.8 Å². The highest BCUT2D eigenvalue weighted by Crippen LogP contribution is 2.61. The summed E-state index contributed by atoms with van der Waals surface area (Å²) in [5.74, 6) is -42.9. The lowest BCUT2D eigenvalue weighted by atomic mass is 9.88. The van der Waals surface area contributed by atoms with Gasteiger partial charge in [-0.25, -0.2) is 4.79 Å². The highest BCUT2D eigenvalue weighted by molar-refractivity contribution is 5.87. The van der Waals surface area contributed by atoms with E-state index >= 15 is 0 Å².